The number of aliphatic hydroxyl groups excluding tert-OH is 1. The van der Waals surface area contributed by atoms with E-state index in [1.165, 1.54) is 0 Å². The minimum atomic E-state index is -0.565. The molecule has 0 aliphatic heterocycles. The summed E-state index contributed by atoms with van der Waals surface area (Å²) in [5.74, 6) is 0. The van der Waals surface area contributed by atoms with E-state index >= 15 is 0 Å². The van der Waals surface area contributed by atoms with Gasteiger partial charge in [0.1, 0.15) is 0 Å². The van der Waals surface area contributed by atoms with Gasteiger partial charge in [0.2, 0.25) is 0 Å². The Morgan fingerprint density at radius 3 is 2.95 bits per heavy atom. The summed E-state index contributed by atoms with van der Waals surface area (Å²) in [5.41, 5.74) is 2.56. The Bertz CT molecular complexity index is 596. The van der Waals surface area contributed by atoms with Gasteiger partial charge in [-0.15, -0.1) is 11.3 Å². The first kappa shape index (κ1) is 14.5. The zero-order valence-corrected chi connectivity index (χ0v) is 12.2. The number of hydrogen-bond acceptors (Lipinski definition) is 4. The predicted octanol–water partition coefficient (Wildman–Crippen LogP) is 2.62. The van der Waals surface area contributed by atoms with Crippen molar-refractivity contribution in [3.8, 4) is 11.3 Å². The molecule has 0 radical (unpaired) electrons. The van der Waals surface area contributed by atoms with Gasteiger partial charge >= 0.3 is 6.03 Å². The van der Waals surface area contributed by atoms with Crippen LogP contribution in [0.1, 0.15) is 11.9 Å². The van der Waals surface area contributed by atoms with Crippen molar-refractivity contribution in [1.82, 2.24) is 10.3 Å². The van der Waals surface area contributed by atoms with E-state index in [1.54, 1.807) is 18.3 Å². The van der Waals surface area contributed by atoms with E-state index in [0.29, 0.717) is 5.69 Å². The molecule has 106 valence electrons. The number of carbonyl (C=O) groups is 1. The quantitative estimate of drug-likeness (QED) is 0.810. The molecule has 0 fully saturated rings. The number of carbonyl (C=O) groups excluding carboxylic acids is 1. The highest BCUT2D eigenvalue weighted by molar-refractivity contribution is 7.09. The SMILES string of the molecule is Cc1nc(-c2cccc(NC(=O)NC[C@H](C)O)c2)cs1. The Morgan fingerprint density at radius 1 is 1.50 bits per heavy atom. The normalized spacial score (nSPS) is 11.9. The first-order valence-electron chi connectivity index (χ1n) is 6.30. The highest BCUT2D eigenvalue weighted by Gasteiger charge is 2.06. The van der Waals surface area contributed by atoms with Crippen LogP contribution in [0.15, 0.2) is 29.6 Å². The summed E-state index contributed by atoms with van der Waals surface area (Å²) < 4.78 is 0. The van der Waals surface area contributed by atoms with E-state index in [9.17, 15) is 4.79 Å². The zero-order valence-electron chi connectivity index (χ0n) is 11.4. The lowest BCUT2D eigenvalue weighted by Crippen LogP contribution is -2.34. The minimum Gasteiger partial charge on any atom is -0.392 e. The smallest absolute Gasteiger partial charge is 0.319 e. The van der Waals surface area contributed by atoms with Crippen LogP contribution in [-0.4, -0.2) is 28.8 Å². The second kappa shape index (κ2) is 6.49. The highest BCUT2D eigenvalue weighted by atomic mass is 32.1. The number of amides is 2. The lowest BCUT2D eigenvalue weighted by Gasteiger charge is -2.09. The molecule has 20 heavy (non-hydrogen) atoms. The number of thiazole rings is 1. The number of aryl methyl sites for hydroxylation is 1. The maximum absolute atomic E-state index is 11.6. The van der Waals surface area contributed by atoms with Crippen molar-refractivity contribution in [2.45, 2.75) is 20.0 Å². The minimum absolute atomic E-state index is 0.219. The molecule has 0 saturated heterocycles. The topological polar surface area (TPSA) is 74.2 Å². The molecule has 1 heterocycles. The third kappa shape index (κ3) is 4.04. The van der Waals surface area contributed by atoms with Crippen molar-refractivity contribution < 1.29 is 9.90 Å². The van der Waals surface area contributed by atoms with Gasteiger partial charge in [-0.2, -0.15) is 0 Å². The Kier molecular flexibility index (Phi) is 4.70. The molecule has 2 rings (SSSR count). The van der Waals surface area contributed by atoms with Crippen LogP contribution in [0.2, 0.25) is 0 Å². The lowest BCUT2D eigenvalue weighted by molar-refractivity contribution is 0.190. The Balaban J connectivity index is 2.05. The number of nitrogens with zero attached hydrogens (tertiary/aromatic N) is 1. The zero-order chi connectivity index (χ0) is 14.5. The molecule has 2 aromatic rings. The summed E-state index contributed by atoms with van der Waals surface area (Å²) in [7, 11) is 0. The van der Waals surface area contributed by atoms with Gasteiger partial charge in [0.15, 0.2) is 0 Å². The van der Waals surface area contributed by atoms with E-state index in [2.05, 4.69) is 15.6 Å². The summed E-state index contributed by atoms with van der Waals surface area (Å²) in [6, 6.07) is 7.17. The van der Waals surface area contributed by atoms with Gasteiger partial charge in [0.25, 0.3) is 0 Å². The van der Waals surface area contributed by atoms with Gasteiger partial charge < -0.3 is 15.7 Å². The van der Waals surface area contributed by atoms with Gasteiger partial charge in [-0.05, 0) is 26.0 Å². The maximum Gasteiger partial charge on any atom is 0.319 e. The Labute approximate surface area is 121 Å². The van der Waals surface area contributed by atoms with Crippen molar-refractivity contribution >= 4 is 23.1 Å². The standard InChI is InChI=1S/C14H17N3O2S/c1-9(18)7-15-14(19)17-12-5-3-4-11(6-12)13-8-20-10(2)16-13/h3-6,8-9,18H,7H2,1-2H3,(H2,15,17,19)/t9-/m0/s1. The van der Waals surface area contributed by atoms with Crippen molar-refractivity contribution in [1.29, 1.82) is 0 Å². The fourth-order valence-corrected chi connectivity index (χ4v) is 2.29. The van der Waals surface area contributed by atoms with Gasteiger partial charge in [-0.3, -0.25) is 0 Å². The number of hydrogen-bond donors (Lipinski definition) is 3. The summed E-state index contributed by atoms with van der Waals surface area (Å²) in [5, 5.41) is 17.4. The second-order valence-corrected chi connectivity index (χ2v) is 5.58. The predicted molar refractivity (Wildman–Crippen MR) is 81.0 cm³/mol. The van der Waals surface area contributed by atoms with Crippen molar-refractivity contribution in [3.05, 3.63) is 34.7 Å². The molecule has 0 unspecified atom stereocenters. The molecule has 0 aliphatic carbocycles. The molecule has 1 aromatic heterocycles. The Hall–Kier alpha value is -1.92. The van der Waals surface area contributed by atoms with E-state index in [-0.39, 0.29) is 12.6 Å². The largest absolute Gasteiger partial charge is 0.392 e. The molecule has 6 heteroatoms. The van der Waals surface area contributed by atoms with Crippen molar-refractivity contribution in [2.75, 3.05) is 11.9 Å². The molecule has 3 N–H and O–H groups in total. The monoisotopic (exact) mass is 291 g/mol. The molecule has 0 bridgehead atoms. The highest BCUT2D eigenvalue weighted by Crippen LogP contribution is 2.24. The van der Waals surface area contributed by atoms with Crippen LogP contribution in [0, 0.1) is 6.92 Å². The molecule has 0 saturated carbocycles. The third-order valence-electron chi connectivity index (χ3n) is 2.59. The van der Waals surface area contributed by atoms with E-state index in [1.807, 2.05) is 36.6 Å². The number of urea groups is 1. The van der Waals surface area contributed by atoms with Crippen LogP contribution in [0.3, 0.4) is 0 Å². The number of aliphatic hydroxyl groups is 1. The third-order valence-corrected chi connectivity index (χ3v) is 3.37. The summed E-state index contributed by atoms with van der Waals surface area (Å²) in [4.78, 5) is 16.0. The average Bonchev–Trinajstić information content (AvgIpc) is 2.83. The van der Waals surface area contributed by atoms with Crippen LogP contribution in [-0.2, 0) is 0 Å². The van der Waals surface area contributed by atoms with Crippen molar-refractivity contribution in [3.63, 3.8) is 0 Å². The average molecular weight is 291 g/mol. The molecule has 0 spiro atoms. The van der Waals surface area contributed by atoms with Crippen LogP contribution >= 0.6 is 11.3 Å². The summed E-state index contributed by atoms with van der Waals surface area (Å²) >= 11 is 1.59. The van der Waals surface area contributed by atoms with Crippen LogP contribution in [0.5, 0.6) is 0 Å². The van der Waals surface area contributed by atoms with E-state index < -0.39 is 6.10 Å². The van der Waals surface area contributed by atoms with Gasteiger partial charge in [0.05, 0.1) is 16.8 Å². The van der Waals surface area contributed by atoms with E-state index in [4.69, 9.17) is 5.11 Å². The van der Waals surface area contributed by atoms with Gasteiger partial charge in [-0.1, -0.05) is 12.1 Å². The summed E-state index contributed by atoms with van der Waals surface area (Å²) in [6.45, 7) is 3.79. The number of aromatic nitrogens is 1. The van der Waals surface area contributed by atoms with Gasteiger partial charge in [0, 0.05) is 23.2 Å². The number of anilines is 1. The molecule has 2 amide bonds. The second-order valence-electron chi connectivity index (χ2n) is 4.52. The number of rotatable bonds is 4. The first-order valence-corrected chi connectivity index (χ1v) is 7.18. The maximum atomic E-state index is 11.6. The molecule has 5 nitrogen and oxygen atoms in total. The lowest BCUT2D eigenvalue weighted by atomic mass is 10.1. The van der Waals surface area contributed by atoms with Crippen LogP contribution in [0.4, 0.5) is 10.5 Å². The Morgan fingerprint density at radius 2 is 2.30 bits per heavy atom. The molecule has 1 aromatic carbocycles. The molecule has 1 atom stereocenters. The van der Waals surface area contributed by atoms with Gasteiger partial charge in [-0.25, -0.2) is 9.78 Å². The molecule has 0 aliphatic rings. The number of nitrogens with one attached hydrogen (secondary N) is 2. The molecular weight excluding hydrogens is 274 g/mol. The number of benzene rings is 1. The first-order chi connectivity index (χ1) is 9.54. The van der Waals surface area contributed by atoms with Crippen molar-refractivity contribution in [2.24, 2.45) is 0 Å². The van der Waals surface area contributed by atoms with Crippen LogP contribution < -0.4 is 10.6 Å². The summed E-state index contributed by atoms with van der Waals surface area (Å²) in [6.07, 6.45) is -0.565. The fourth-order valence-electron chi connectivity index (χ4n) is 1.67. The molecular formula is C14H17N3O2S. The fraction of sp³-hybridized carbons (Fsp3) is 0.286. The van der Waals surface area contributed by atoms with Crippen LogP contribution in [0.25, 0.3) is 11.3 Å². The van der Waals surface area contributed by atoms with E-state index in [0.717, 1.165) is 16.3 Å².